The number of hydrogen-bond acceptors (Lipinski definition) is 5. The molecule has 0 heterocycles. The molecule has 5 heteroatoms. The molecule has 0 fully saturated rings. The molecule has 0 aromatic carbocycles. The van der Waals surface area contributed by atoms with E-state index in [9.17, 15) is 9.59 Å². The summed E-state index contributed by atoms with van der Waals surface area (Å²) < 4.78 is 4.43. The van der Waals surface area contributed by atoms with E-state index in [0.717, 1.165) is 12.8 Å². The summed E-state index contributed by atoms with van der Waals surface area (Å²) in [6.45, 7) is 1.52. The van der Waals surface area contributed by atoms with Crippen molar-refractivity contribution in [2.75, 3.05) is 6.61 Å². The highest BCUT2D eigenvalue weighted by molar-refractivity contribution is 5.87. The number of aliphatic hydroxyl groups is 2. The van der Waals surface area contributed by atoms with Gasteiger partial charge in [0.15, 0.2) is 6.10 Å². The van der Waals surface area contributed by atoms with Gasteiger partial charge in [0.1, 0.15) is 0 Å². The van der Waals surface area contributed by atoms with Crippen LogP contribution in [-0.4, -0.2) is 34.9 Å². The molecule has 1 unspecified atom stereocenters. The number of rotatable bonds is 18. The molecular formula is C21H40O5. The Balaban J connectivity index is 3.24. The van der Waals surface area contributed by atoms with E-state index in [1.807, 2.05) is 0 Å². The van der Waals surface area contributed by atoms with E-state index in [1.165, 1.54) is 77.0 Å². The van der Waals surface area contributed by atoms with Gasteiger partial charge in [-0.3, -0.25) is 4.79 Å². The lowest BCUT2D eigenvalue weighted by molar-refractivity contribution is -0.167. The van der Waals surface area contributed by atoms with Gasteiger partial charge in [-0.25, -0.2) is 4.79 Å². The van der Waals surface area contributed by atoms with E-state index < -0.39 is 24.6 Å². The molecule has 0 spiro atoms. The number of carbonyl (C=O) groups is 2. The first-order chi connectivity index (χ1) is 12.6. The van der Waals surface area contributed by atoms with Crippen LogP contribution in [-0.2, 0) is 14.3 Å². The standard InChI is InChI=1S/C21H40O5/c1-2-3-4-5-6-7-8-9-10-11-12-13-14-15-16-17-20(24)26-21(25)19(23)18-22/h19,22-23H,2-18H2,1H3. The van der Waals surface area contributed by atoms with Crippen LogP contribution in [0.3, 0.4) is 0 Å². The monoisotopic (exact) mass is 372 g/mol. The molecule has 0 saturated carbocycles. The Bertz CT molecular complexity index is 343. The first-order valence-electron chi connectivity index (χ1n) is 10.6. The fraction of sp³-hybridized carbons (Fsp3) is 0.905. The molecule has 0 saturated heterocycles. The van der Waals surface area contributed by atoms with Crippen molar-refractivity contribution < 1.29 is 24.5 Å². The van der Waals surface area contributed by atoms with Gasteiger partial charge in [-0.1, -0.05) is 96.8 Å². The van der Waals surface area contributed by atoms with Crippen molar-refractivity contribution in [2.45, 2.75) is 116 Å². The average Bonchev–Trinajstić information content (AvgIpc) is 2.64. The predicted octanol–water partition coefficient (Wildman–Crippen LogP) is 4.67. The molecule has 0 aliphatic heterocycles. The number of hydrogen-bond donors (Lipinski definition) is 2. The maximum Gasteiger partial charge on any atom is 0.345 e. The zero-order valence-electron chi connectivity index (χ0n) is 16.7. The highest BCUT2D eigenvalue weighted by atomic mass is 16.6. The lowest BCUT2D eigenvalue weighted by Crippen LogP contribution is -2.28. The van der Waals surface area contributed by atoms with Crippen molar-refractivity contribution in [3.05, 3.63) is 0 Å². The first-order valence-corrected chi connectivity index (χ1v) is 10.6. The Morgan fingerprint density at radius 3 is 1.50 bits per heavy atom. The quantitative estimate of drug-likeness (QED) is 0.207. The van der Waals surface area contributed by atoms with Gasteiger partial charge in [0.05, 0.1) is 6.61 Å². The van der Waals surface area contributed by atoms with E-state index in [2.05, 4.69) is 11.7 Å². The summed E-state index contributed by atoms with van der Waals surface area (Å²) in [6, 6.07) is 0. The highest BCUT2D eigenvalue weighted by Gasteiger charge is 2.18. The SMILES string of the molecule is CCCCCCCCCCCCCCCCCC(=O)OC(=O)C(O)CO. The summed E-state index contributed by atoms with van der Waals surface area (Å²) in [5.74, 6) is -1.70. The van der Waals surface area contributed by atoms with Gasteiger partial charge in [0.2, 0.25) is 0 Å². The molecule has 0 rings (SSSR count). The van der Waals surface area contributed by atoms with Crippen molar-refractivity contribution >= 4 is 11.9 Å². The van der Waals surface area contributed by atoms with E-state index in [0.29, 0.717) is 6.42 Å². The molecule has 154 valence electrons. The van der Waals surface area contributed by atoms with Gasteiger partial charge in [0.25, 0.3) is 0 Å². The molecule has 2 N–H and O–H groups in total. The topological polar surface area (TPSA) is 83.8 Å². The van der Waals surface area contributed by atoms with Crippen molar-refractivity contribution in [1.29, 1.82) is 0 Å². The van der Waals surface area contributed by atoms with Crippen LogP contribution >= 0.6 is 0 Å². The summed E-state index contributed by atoms with van der Waals surface area (Å²) >= 11 is 0. The summed E-state index contributed by atoms with van der Waals surface area (Å²) in [6.07, 6.45) is 17.4. The van der Waals surface area contributed by atoms with Gasteiger partial charge in [-0.2, -0.15) is 0 Å². The Kier molecular flexibility index (Phi) is 18.2. The summed E-state index contributed by atoms with van der Waals surface area (Å²) in [5.41, 5.74) is 0. The molecular weight excluding hydrogens is 332 g/mol. The van der Waals surface area contributed by atoms with E-state index in [4.69, 9.17) is 10.2 Å². The minimum atomic E-state index is -1.62. The number of unbranched alkanes of at least 4 members (excludes halogenated alkanes) is 14. The second-order valence-electron chi connectivity index (χ2n) is 7.19. The van der Waals surface area contributed by atoms with Gasteiger partial charge in [0, 0.05) is 6.42 Å². The maximum atomic E-state index is 11.4. The van der Waals surface area contributed by atoms with E-state index in [-0.39, 0.29) is 6.42 Å². The molecule has 1 atom stereocenters. The minimum absolute atomic E-state index is 0.183. The maximum absolute atomic E-state index is 11.4. The molecule has 5 nitrogen and oxygen atoms in total. The van der Waals surface area contributed by atoms with Crippen LogP contribution in [0.25, 0.3) is 0 Å². The zero-order chi connectivity index (χ0) is 19.5. The fourth-order valence-electron chi connectivity index (χ4n) is 2.95. The second-order valence-corrected chi connectivity index (χ2v) is 7.19. The smallest absolute Gasteiger partial charge is 0.345 e. The van der Waals surface area contributed by atoms with Crippen LogP contribution in [0.1, 0.15) is 110 Å². The van der Waals surface area contributed by atoms with E-state index in [1.54, 1.807) is 0 Å². The molecule has 0 bridgehead atoms. The number of aliphatic hydroxyl groups excluding tert-OH is 2. The number of carbonyl (C=O) groups excluding carboxylic acids is 2. The second kappa shape index (κ2) is 18.8. The normalized spacial score (nSPS) is 12.1. The zero-order valence-corrected chi connectivity index (χ0v) is 16.7. The van der Waals surface area contributed by atoms with Gasteiger partial charge >= 0.3 is 11.9 Å². The molecule has 0 aromatic heterocycles. The number of ether oxygens (including phenoxy) is 1. The van der Waals surface area contributed by atoms with Crippen molar-refractivity contribution in [3.8, 4) is 0 Å². The Morgan fingerprint density at radius 2 is 1.12 bits per heavy atom. The average molecular weight is 373 g/mol. The molecule has 0 aliphatic carbocycles. The van der Waals surface area contributed by atoms with Gasteiger partial charge in [-0.05, 0) is 6.42 Å². The Morgan fingerprint density at radius 1 is 0.731 bits per heavy atom. The lowest BCUT2D eigenvalue weighted by Gasteiger charge is -2.06. The predicted molar refractivity (Wildman–Crippen MR) is 104 cm³/mol. The molecule has 0 amide bonds. The third kappa shape index (κ3) is 16.5. The molecule has 0 aromatic rings. The van der Waals surface area contributed by atoms with Crippen LogP contribution in [0.4, 0.5) is 0 Å². The Hall–Kier alpha value is -0.940. The molecule has 0 aliphatic rings. The summed E-state index contributed by atoms with van der Waals surface area (Å²) in [4.78, 5) is 22.5. The van der Waals surface area contributed by atoms with Gasteiger partial charge in [-0.15, -0.1) is 0 Å². The third-order valence-corrected chi connectivity index (χ3v) is 4.64. The van der Waals surface area contributed by atoms with Crippen molar-refractivity contribution in [2.24, 2.45) is 0 Å². The van der Waals surface area contributed by atoms with Crippen LogP contribution in [0, 0.1) is 0 Å². The van der Waals surface area contributed by atoms with Crippen LogP contribution in [0.15, 0.2) is 0 Å². The van der Waals surface area contributed by atoms with Crippen LogP contribution in [0.2, 0.25) is 0 Å². The van der Waals surface area contributed by atoms with Gasteiger partial charge < -0.3 is 14.9 Å². The van der Waals surface area contributed by atoms with E-state index >= 15 is 0 Å². The molecule has 0 radical (unpaired) electrons. The van der Waals surface area contributed by atoms with Crippen molar-refractivity contribution in [3.63, 3.8) is 0 Å². The summed E-state index contributed by atoms with van der Waals surface area (Å²) in [5, 5.41) is 17.6. The first kappa shape index (κ1) is 25.1. The van der Waals surface area contributed by atoms with Crippen molar-refractivity contribution in [1.82, 2.24) is 0 Å². The number of esters is 2. The lowest BCUT2D eigenvalue weighted by atomic mass is 10.0. The Labute approximate surface area is 159 Å². The molecule has 26 heavy (non-hydrogen) atoms. The summed E-state index contributed by atoms with van der Waals surface area (Å²) in [7, 11) is 0. The highest BCUT2D eigenvalue weighted by Crippen LogP contribution is 2.13. The van der Waals surface area contributed by atoms with Crippen LogP contribution < -0.4 is 0 Å². The minimum Gasteiger partial charge on any atom is -0.393 e. The largest absolute Gasteiger partial charge is 0.393 e. The fourth-order valence-corrected chi connectivity index (χ4v) is 2.95. The third-order valence-electron chi connectivity index (χ3n) is 4.64. The van der Waals surface area contributed by atoms with Crippen LogP contribution in [0.5, 0.6) is 0 Å².